The molecule has 2 atom stereocenters. The van der Waals surface area contributed by atoms with Crippen LogP contribution in [0.15, 0.2) is 6.20 Å². The maximum Gasteiger partial charge on any atom is 0.305 e. The van der Waals surface area contributed by atoms with Gasteiger partial charge in [-0.25, -0.2) is 4.98 Å². The molecule has 100 valence electrons. The van der Waals surface area contributed by atoms with Gasteiger partial charge in [0.25, 0.3) is 0 Å². The van der Waals surface area contributed by atoms with Crippen LogP contribution in [-0.4, -0.2) is 37.8 Å². The van der Waals surface area contributed by atoms with Crippen LogP contribution in [0.2, 0.25) is 0 Å². The summed E-state index contributed by atoms with van der Waals surface area (Å²) >= 11 is 1.66. The number of hydrogen-bond acceptors (Lipinski definition) is 6. The Morgan fingerprint density at radius 3 is 3.11 bits per heavy atom. The Morgan fingerprint density at radius 2 is 2.44 bits per heavy atom. The molecule has 18 heavy (non-hydrogen) atoms. The second-order valence-corrected chi connectivity index (χ2v) is 5.44. The third-order valence-corrected chi connectivity index (χ3v) is 4.27. The Balaban J connectivity index is 1.88. The van der Waals surface area contributed by atoms with Gasteiger partial charge in [0.1, 0.15) is 5.01 Å². The van der Waals surface area contributed by atoms with E-state index in [9.17, 15) is 4.79 Å². The second kappa shape index (κ2) is 6.26. The van der Waals surface area contributed by atoms with Crippen LogP contribution in [0, 0.1) is 0 Å². The number of hydrogen-bond donors (Lipinski definition) is 1. The van der Waals surface area contributed by atoms with Crippen LogP contribution < -0.4 is 5.32 Å². The lowest BCUT2D eigenvalue weighted by molar-refractivity contribution is -0.140. The van der Waals surface area contributed by atoms with Gasteiger partial charge in [-0.2, -0.15) is 0 Å². The summed E-state index contributed by atoms with van der Waals surface area (Å²) < 4.78 is 9.94. The summed E-state index contributed by atoms with van der Waals surface area (Å²) in [5.41, 5.74) is 0. The molecule has 0 radical (unpaired) electrons. The quantitative estimate of drug-likeness (QED) is 0.817. The molecule has 1 aromatic rings. The standard InChI is InChI=1S/C12H18N2O3S/c1-16-8-5-10(13-6-8)12-14-7-9(18-12)3-4-11(15)17-2/h7-8,10,13H,3-6H2,1-2H3/t8-,10-/m0/s1. The van der Waals surface area contributed by atoms with Crippen molar-refractivity contribution in [3.05, 3.63) is 16.1 Å². The second-order valence-electron chi connectivity index (χ2n) is 4.30. The number of thiazole rings is 1. The first-order chi connectivity index (χ1) is 8.72. The molecule has 6 heteroatoms. The van der Waals surface area contributed by atoms with Gasteiger partial charge in [0.05, 0.1) is 25.7 Å². The molecule has 1 aliphatic rings. The fraction of sp³-hybridized carbons (Fsp3) is 0.667. The number of methoxy groups -OCH3 is 2. The molecule has 1 aliphatic heterocycles. The SMILES string of the molecule is COC(=O)CCc1cnc([C@@H]2C[C@H](OC)CN2)s1. The zero-order valence-electron chi connectivity index (χ0n) is 10.6. The normalized spacial score (nSPS) is 23.2. The highest BCUT2D eigenvalue weighted by molar-refractivity contribution is 7.11. The van der Waals surface area contributed by atoms with Gasteiger partial charge in [0, 0.05) is 24.7 Å². The Labute approximate surface area is 111 Å². The van der Waals surface area contributed by atoms with E-state index in [4.69, 9.17) is 4.74 Å². The van der Waals surface area contributed by atoms with Gasteiger partial charge in [0.15, 0.2) is 0 Å². The number of esters is 1. The lowest BCUT2D eigenvalue weighted by Crippen LogP contribution is -2.15. The van der Waals surface area contributed by atoms with Gasteiger partial charge >= 0.3 is 5.97 Å². The molecule has 1 saturated heterocycles. The van der Waals surface area contributed by atoms with Gasteiger partial charge in [-0.05, 0) is 12.8 Å². The van der Waals surface area contributed by atoms with Crippen LogP contribution in [0.1, 0.15) is 28.8 Å². The molecule has 1 fully saturated rings. The average molecular weight is 270 g/mol. The summed E-state index contributed by atoms with van der Waals surface area (Å²) in [5.74, 6) is -0.177. The minimum Gasteiger partial charge on any atom is -0.469 e. The molecule has 0 saturated carbocycles. The van der Waals surface area contributed by atoms with Crippen LogP contribution in [0.3, 0.4) is 0 Å². The lowest BCUT2D eigenvalue weighted by atomic mass is 10.2. The minimum atomic E-state index is -0.177. The Bertz CT molecular complexity index is 408. The highest BCUT2D eigenvalue weighted by Gasteiger charge is 2.27. The zero-order valence-corrected chi connectivity index (χ0v) is 11.5. The summed E-state index contributed by atoms with van der Waals surface area (Å²) in [4.78, 5) is 16.6. The van der Waals surface area contributed by atoms with E-state index in [2.05, 4.69) is 15.0 Å². The number of nitrogens with zero attached hydrogens (tertiary/aromatic N) is 1. The van der Waals surface area contributed by atoms with Crippen LogP contribution in [0.25, 0.3) is 0 Å². The van der Waals surface area contributed by atoms with E-state index < -0.39 is 0 Å². The van der Waals surface area contributed by atoms with E-state index >= 15 is 0 Å². The first-order valence-electron chi connectivity index (χ1n) is 6.00. The number of carbonyl (C=O) groups is 1. The van der Waals surface area contributed by atoms with Gasteiger partial charge in [-0.1, -0.05) is 0 Å². The molecular weight excluding hydrogens is 252 g/mol. The topological polar surface area (TPSA) is 60.5 Å². The molecule has 2 heterocycles. The van der Waals surface area contributed by atoms with E-state index in [1.165, 1.54) is 7.11 Å². The van der Waals surface area contributed by atoms with Crippen molar-refractivity contribution in [2.45, 2.75) is 31.4 Å². The number of rotatable bonds is 5. The largest absolute Gasteiger partial charge is 0.469 e. The molecule has 5 nitrogen and oxygen atoms in total. The van der Waals surface area contributed by atoms with Gasteiger partial charge in [-0.3, -0.25) is 4.79 Å². The smallest absolute Gasteiger partial charge is 0.305 e. The predicted molar refractivity (Wildman–Crippen MR) is 68.6 cm³/mol. The van der Waals surface area contributed by atoms with Crippen molar-refractivity contribution in [2.24, 2.45) is 0 Å². The van der Waals surface area contributed by atoms with Crippen molar-refractivity contribution in [1.82, 2.24) is 10.3 Å². The lowest BCUT2D eigenvalue weighted by Gasteiger charge is -2.05. The van der Waals surface area contributed by atoms with E-state index in [1.54, 1.807) is 18.4 Å². The third-order valence-electron chi connectivity index (χ3n) is 3.10. The van der Waals surface area contributed by atoms with Crippen LogP contribution in [0.4, 0.5) is 0 Å². The molecule has 0 unspecified atom stereocenters. The van der Waals surface area contributed by atoms with E-state index in [-0.39, 0.29) is 18.1 Å². The van der Waals surface area contributed by atoms with Crippen LogP contribution in [0.5, 0.6) is 0 Å². The monoisotopic (exact) mass is 270 g/mol. The number of aryl methyl sites for hydroxylation is 1. The van der Waals surface area contributed by atoms with Crippen LogP contribution in [-0.2, 0) is 20.7 Å². The van der Waals surface area contributed by atoms with E-state index in [0.29, 0.717) is 12.8 Å². The summed E-state index contributed by atoms with van der Waals surface area (Å²) in [6.45, 7) is 0.873. The van der Waals surface area contributed by atoms with Crippen molar-refractivity contribution >= 4 is 17.3 Å². The summed E-state index contributed by atoms with van der Waals surface area (Å²) in [6, 6.07) is 0.284. The highest BCUT2D eigenvalue weighted by atomic mass is 32.1. The number of ether oxygens (including phenoxy) is 2. The summed E-state index contributed by atoms with van der Waals surface area (Å²) in [6.07, 6.45) is 4.20. The number of carbonyl (C=O) groups excluding carboxylic acids is 1. The molecule has 2 rings (SSSR count). The van der Waals surface area contributed by atoms with E-state index in [1.807, 2.05) is 6.20 Å². The third kappa shape index (κ3) is 3.28. The maximum atomic E-state index is 11.1. The molecule has 0 spiro atoms. The first-order valence-corrected chi connectivity index (χ1v) is 6.82. The summed E-state index contributed by atoms with van der Waals surface area (Å²) in [5, 5.41) is 4.47. The van der Waals surface area contributed by atoms with Crippen molar-refractivity contribution < 1.29 is 14.3 Å². The average Bonchev–Trinajstić information content (AvgIpc) is 3.03. The van der Waals surface area contributed by atoms with Crippen molar-refractivity contribution in [3.8, 4) is 0 Å². The molecule has 0 amide bonds. The van der Waals surface area contributed by atoms with Crippen molar-refractivity contribution in [2.75, 3.05) is 20.8 Å². The number of nitrogens with one attached hydrogen (secondary N) is 1. The molecular formula is C12H18N2O3S. The molecule has 1 aromatic heterocycles. The van der Waals surface area contributed by atoms with Gasteiger partial charge in [-0.15, -0.1) is 11.3 Å². The Hall–Kier alpha value is -0.980. The van der Waals surface area contributed by atoms with Gasteiger partial charge in [0.2, 0.25) is 0 Å². The van der Waals surface area contributed by atoms with Crippen molar-refractivity contribution in [3.63, 3.8) is 0 Å². The number of aromatic nitrogens is 1. The molecule has 0 bridgehead atoms. The molecule has 0 aromatic carbocycles. The predicted octanol–water partition coefficient (Wildman–Crippen LogP) is 1.30. The minimum absolute atomic E-state index is 0.177. The first kappa shape index (κ1) is 13.5. The van der Waals surface area contributed by atoms with Crippen LogP contribution >= 0.6 is 11.3 Å². The van der Waals surface area contributed by atoms with Gasteiger partial charge < -0.3 is 14.8 Å². The van der Waals surface area contributed by atoms with Crippen molar-refractivity contribution in [1.29, 1.82) is 0 Å². The maximum absolute atomic E-state index is 11.1. The molecule has 1 N–H and O–H groups in total. The van der Waals surface area contributed by atoms with E-state index in [0.717, 1.165) is 22.9 Å². The Morgan fingerprint density at radius 1 is 1.61 bits per heavy atom. The fourth-order valence-electron chi connectivity index (χ4n) is 2.00. The Kier molecular flexibility index (Phi) is 4.68. The highest BCUT2D eigenvalue weighted by Crippen LogP contribution is 2.28. The zero-order chi connectivity index (χ0) is 13.0. The fourth-order valence-corrected chi connectivity index (χ4v) is 3.00. The summed E-state index contributed by atoms with van der Waals surface area (Å²) in [7, 11) is 3.14. The molecule has 0 aliphatic carbocycles.